The second-order valence-corrected chi connectivity index (χ2v) is 4.55. The maximum Gasteiger partial charge on any atom is 0.220 e. The first kappa shape index (κ1) is 16.5. The van der Waals surface area contributed by atoms with Crippen LogP contribution < -0.4 is 11.1 Å². The molecule has 112 valence electrons. The Morgan fingerprint density at radius 2 is 1.95 bits per heavy atom. The average Bonchev–Trinajstić information content (AvgIpc) is 2.46. The number of nitrogens with one attached hydrogen (secondary N) is 1. The maximum atomic E-state index is 11.6. The quantitative estimate of drug-likeness (QED) is 0.501. The number of carbonyl (C=O) groups excluding carboxylic acids is 1. The van der Waals surface area contributed by atoms with Crippen LogP contribution in [-0.4, -0.2) is 39.4 Å². The van der Waals surface area contributed by atoms with Gasteiger partial charge in [-0.25, -0.2) is 0 Å². The standard InChI is InChI=1S/C15H24N2O3/c1-19-11-12-20-10-2-9-17-15(18)8-5-13-3-6-14(16)7-4-13/h3-4,6-7H,2,5,8-12,16H2,1H3,(H,17,18). The SMILES string of the molecule is COCCOCCCNC(=O)CCc1ccc(N)cc1. The Balaban J connectivity index is 2.01. The molecule has 3 N–H and O–H groups in total. The number of aryl methyl sites for hydroxylation is 1. The first-order chi connectivity index (χ1) is 9.72. The second kappa shape index (κ2) is 10.2. The van der Waals surface area contributed by atoms with E-state index in [4.69, 9.17) is 15.2 Å². The summed E-state index contributed by atoms with van der Waals surface area (Å²) in [4.78, 5) is 11.6. The van der Waals surface area contributed by atoms with Gasteiger partial charge in [-0.15, -0.1) is 0 Å². The number of ether oxygens (including phenoxy) is 2. The lowest BCUT2D eigenvalue weighted by Crippen LogP contribution is -2.25. The summed E-state index contributed by atoms with van der Waals surface area (Å²) in [7, 11) is 1.64. The Hall–Kier alpha value is -1.59. The maximum absolute atomic E-state index is 11.6. The summed E-state index contributed by atoms with van der Waals surface area (Å²) in [5.74, 6) is 0.0683. The van der Waals surface area contributed by atoms with Gasteiger partial charge in [-0.2, -0.15) is 0 Å². The Morgan fingerprint density at radius 3 is 2.65 bits per heavy atom. The molecule has 5 nitrogen and oxygen atoms in total. The lowest BCUT2D eigenvalue weighted by atomic mass is 10.1. The molecule has 0 heterocycles. The van der Waals surface area contributed by atoms with Gasteiger partial charge >= 0.3 is 0 Å². The van der Waals surface area contributed by atoms with Crippen LogP contribution >= 0.6 is 0 Å². The van der Waals surface area contributed by atoms with E-state index in [-0.39, 0.29) is 5.91 Å². The van der Waals surface area contributed by atoms with Gasteiger partial charge in [-0.3, -0.25) is 4.79 Å². The molecule has 0 unspecified atom stereocenters. The Morgan fingerprint density at radius 1 is 1.20 bits per heavy atom. The predicted octanol–water partition coefficient (Wildman–Crippen LogP) is 1.37. The van der Waals surface area contributed by atoms with Gasteiger partial charge in [0.2, 0.25) is 5.91 Å². The van der Waals surface area contributed by atoms with Crippen LogP contribution in [0.15, 0.2) is 24.3 Å². The molecule has 5 heteroatoms. The molecule has 0 aliphatic rings. The van der Waals surface area contributed by atoms with Gasteiger partial charge in [-0.05, 0) is 30.5 Å². The molecule has 1 amide bonds. The highest BCUT2D eigenvalue weighted by Gasteiger charge is 2.01. The Bertz CT molecular complexity index is 379. The van der Waals surface area contributed by atoms with E-state index in [1.807, 2.05) is 24.3 Å². The number of benzene rings is 1. The van der Waals surface area contributed by atoms with E-state index in [2.05, 4.69) is 5.32 Å². The smallest absolute Gasteiger partial charge is 0.220 e. The Labute approximate surface area is 120 Å². The number of methoxy groups -OCH3 is 1. The number of hydrogen-bond donors (Lipinski definition) is 2. The number of anilines is 1. The molecule has 1 aromatic carbocycles. The highest BCUT2D eigenvalue weighted by molar-refractivity contribution is 5.76. The third-order valence-electron chi connectivity index (χ3n) is 2.84. The zero-order valence-corrected chi connectivity index (χ0v) is 12.1. The molecule has 0 spiro atoms. The fraction of sp³-hybridized carbons (Fsp3) is 0.533. The third-order valence-corrected chi connectivity index (χ3v) is 2.84. The van der Waals surface area contributed by atoms with Gasteiger partial charge in [0.15, 0.2) is 0 Å². The molecule has 0 aliphatic heterocycles. The number of nitrogens with two attached hydrogens (primary N) is 1. The van der Waals surface area contributed by atoms with Crippen LogP contribution in [0, 0.1) is 0 Å². The molecule has 0 bridgehead atoms. The van der Waals surface area contributed by atoms with Crippen molar-refractivity contribution in [1.82, 2.24) is 5.32 Å². The molecular weight excluding hydrogens is 256 g/mol. The largest absolute Gasteiger partial charge is 0.399 e. The van der Waals surface area contributed by atoms with Gasteiger partial charge in [0.1, 0.15) is 0 Å². The zero-order chi connectivity index (χ0) is 14.6. The molecule has 0 saturated carbocycles. The molecule has 1 rings (SSSR count). The summed E-state index contributed by atoms with van der Waals surface area (Å²) in [6.07, 6.45) is 2.04. The molecule has 0 radical (unpaired) electrons. The molecule has 0 aromatic heterocycles. The zero-order valence-electron chi connectivity index (χ0n) is 12.1. The highest BCUT2D eigenvalue weighted by Crippen LogP contribution is 2.07. The molecule has 0 saturated heterocycles. The van der Waals surface area contributed by atoms with Crippen molar-refractivity contribution in [2.24, 2.45) is 0 Å². The van der Waals surface area contributed by atoms with Crippen molar-refractivity contribution >= 4 is 11.6 Å². The number of hydrogen-bond acceptors (Lipinski definition) is 4. The predicted molar refractivity (Wildman–Crippen MR) is 79.5 cm³/mol. The first-order valence-electron chi connectivity index (χ1n) is 6.90. The van der Waals surface area contributed by atoms with Gasteiger partial charge in [0.25, 0.3) is 0 Å². The van der Waals surface area contributed by atoms with Gasteiger partial charge in [0, 0.05) is 32.4 Å². The van der Waals surface area contributed by atoms with Crippen LogP contribution in [0.2, 0.25) is 0 Å². The third kappa shape index (κ3) is 7.76. The van der Waals surface area contributed by atoms with Gasteiger partial charge in [0.05, 0.1) is 13.2 Å². The van der Waals surface area contributed by atoms with Crippen molar-refractivity contribution in [1.29, 1.82) is 0 Å². The van der Waals surface area contributed by atoms with E-state index >= 15 is 0 Å². The fourth-order valence-corrected chi connectivity index (χ4v) is 1.68. The summed E-state index contributed by atoms with van der Waals surface area (Å²) in [6, 6.07) is 7.60. The van der Waals surface area contributed by atoms with Crippen molar-refractivity contribution in [3.05, 3.63) is 29.8 Å². The number of carbonyl (C=O) groups is 1. The molecule has 0 atom stereocenters. The minimum absolute atomic E-state index is 0.0683. The number of nitrogen functional groups attached to an aromatic ring is 1. The van der Waals surface area contributed by atoms with Gasteiger partial charge in [-0.1, -0.05) is 12.1 Å². The molecule has 0 aliphatic carbocycles. The molecule has 20 heavy (non-hydrogen) atoms. The van der Waals surface area contributed by atoms with E-state index in [9.17, 15) is 4.79 Å². The van der Waals surface area contributed by atoms with Crippen molar-refractivity contribution in [2.75, 3.05) is 39.2 Å². The summed E-state index contributed by atoms with van der Waals surface area (Å²) in [5, 5.41) is 2.88. The highest BCUT2D eigenvalue weighted by atomic mass is 16.5. The van der Waals surface area contributed by atoms with Crippen LogP contribution in [0.3, 0.4) is 0 Å². The van der Waals surface area contributed by atoms with Crippen LogP contribution in [-0.2, 0) is 20.7 Å². The van der Waals surface area contributed by atoms with Crippen LogP contribution in [0.5, 0.6) is 0 Å². The average molecular weight is 280 g/mol. The van der Waals surface area contributed by atoms with Crippen molar-refractivity contribution in [3.63, 3.8) is 0 Å². The van der Waals surface area contributed by atoms with Crippen LogP contribution in [0.1, 0.15) is 18.4 Å². The first-order valence-corrected chi connectivity index (χ1v) is 6.90. The van der Waals surface area contributed by atoms with Crippen LogP contribution in [0.25, 0.3) is 0 Å². The van der Waals surface area contributed by atoms with E-state index in [1.165, 1.54) is 0 Å². The second-order valence-electron chi connectivity index (χ2n) is 4.55. The van der Waals surface area contributed by atoms with Crippen molar-refractivity contribution < 1.29 is 14.3 Å². The monoisotopic (exact) mass is 280 g/mol. The lowest BCUT2D eigenvalue weighted by Gasteiger charge is -2.06. The van der Waals surface area contributed by atoms with Crippen molar-refractivity contribution in [2.45, 2.75) is 19.3 Å². The van der Waals surface area contributed by atoms with E-state index in [0.717, 1.165) is 24.1 Å². The fourth-order valence-electron chi connectivity index (χ4n) is 1.68. The molecule has 0 fully saturated rings. The number of rotatable bonds is 10. The molecular formula is C15H24N2O3. The van der Waals surface area contributed by atoms with E-state index < -0.39 is 0 Å². The topological polar surface area (TPSA) is 73.6 Å². The lowest BCUT2D eigenvalue weighted by molar-refractivity contribution is -0.121. The summed E-state index contributed by atoms with van der Waals surface area (Å²) in [5.41, 5.74) is 7.47. The van der Waals surface area contributed by atoms with Gasteiger partial charge < -0.3 is 20.5 Å². The van der Waals surface area contributed by atoms with E-state index in [0.29, 0.717) is 32.8 Å². The van der Waals surface area contributed by atoms with E-state index in [1.54, 1.807) is 7.11 Å². The summed E-state index contributed by atoms with van der Waals surface area (Å²) < 4.78 is 10.2. The normalized spacial score (nSPS) is 10.4. The Kier molecular flexibility index (Phi) is 8.42. The summed E-state index contributed by atoms with van der Waals surface area (Å²) in [6.45, 7) is 2.49. The minimum Gasteiger partial charge on any atom is -0.399 e. The van der Waals surface area contributed by atoms with Crippen LogP contribution in [0.4, 0.5) is 5.69 Å². The van der Waals surface area contributed by atoms with Crippen molar-refractivity contribution in [3.8, 4) is 0 Å². The number of amides is 1. The summed E-state index contributed by atoms with van der Waals surface area (Å²) >= 11 is 0. The minimum atomic E-state index is 0.0683. The molecule has 1 aromatic rings.